The number of imidazole rings is 1. The first-order chi connectivity index (χ1) is 16.0. The van der Waals surface area contributed by atoms with Crippen LogP contribution in [0, 0.1) is 18.3 Å². The summed E-state index contributed by atoms with van der Waals surface area (Å²) in [5, 5.41) is 11.8. The molecular weight excluding hydrogens is 418 g/mol. The van der Waals surface area contributed by atoms with Gasteiger partial charge in [0.05, 0.1) is 29.2 Å². The molecule has 4 aromatic rings. The Kier molecular flexibility index (Phi) is 6.04. The second-order valence-electron chi connectivity index (χ2n) is 7.42. The number of nitrogens with zero attached hydrogens (tertiary/aromatic N) is 3. The minimum Gasteiger partial charge on any atom is -0.448 e. The first-order valence-corrected chi connectivity index (χ1v) is 10.3. The molecular formula is C25H21N5O3. The number of aryl methyl sites for hydroxylation is 1. The Bertz CT molecular complexity index is 1370. The zero-order chi connectivity index (χ0) is 23.4. The van der Waals surface area contributed by atoms with Gasteiger partial charge in [-0.05, 0) is 61.5 Å². The van der Waals surface area contributed by atoms with E-state index in [0.29, 0.717) is 22.5 Å². The molecule has 164 valence electrons. The Morgan fingerprint density at radius 3 is 2.48 bits per heavy atom. The van der Waals surface area contributed by atoms with Crippen molar-refractivity contribution in [3.05, 3.63) is 83.4 Å². The lowest BCUT2D eigenvalue weighted by atomic mass is 10.1. The summed E-state index contributed by atoms with van der Waals surface area (Å²) in [7, 11) is 0. The van der Waals surface area contributed by atoms with Crippen LogP contribution in [0.15, 0.2) is 66.7 Å². The molecule has 0 aliphatic rings. The van der Waals surface area contributed by atoms with E-state index >= 15 is 0 Å². The molecule has 0 radical (unpaired) electrons. The minimum absolute atomic E-state index is 0.00574. The lowest BCUT2D eigenvalue weighted by Gasteiger charge is -2.10. The lowest BCUT2D eigenvalue weighted by molar-refractivity contribution is 0.0937. The molecule has 0 atom stereocenters. The fourth-order valence-electron chi connectivity index (χ4n) is 3.48. The third-order valence-electron chi connectivity index (χ3n) is 5.11. The van der Waals surface area contributed by atoms with Crippen molar-refractivity contribution < 1.29 is 14.3 Å². The number of carbonyl (C=O) groups excluding carboxylic acids is 2. The Balaban J connectivity index is 1.74. The van der Waals surface area contributed by atoms with E-state index in [1.54, 1.807) is 24.3 Å². The molecule has 0 bridgehead atoms. The van der Waals surface area contributed by atoms with Crippen LogP contribution in [0.25, 0.3) is 28.1 Å². The highest BCUT2D eigenvalue weighted by atomic mass is 16.5. The van der Waals surface area contributed by atoms with Crippen molar-refractivity contribution >= 4 is 23.0 Å². The van der Waals surface area contributed by atoms with E-state index in [2.05, 4.69) is 16.1 Å². The van der Waals surface area contributed by atoms with Crippen molar-refractivity contribution in [3.63, 3.8) is 0 Å². The maximum absolute atomic E-state index is 12.5. The number of hydrogen-bond donors (Lipinski definition) is 2. The van der Waals surface area contributed by atoms with Crippen LogP contribution in [0.4, 0.5) is 4.79 Å². The monoisotopic (exact) mass is 439 g/mol. The van der Waals surface area contributed by atoms with Gasteiger partial charge < -0.3 is 15.8 Å². The SMILES string of the molecule is Cc1ccc(-n2c(-c3ccc(C#N)cc3)nc3cc(C(=O)NCCOC(N)=O)ccc32)cc1. The third-order valence-corrected chi connectivity index (χ3v) is 5.11. The van der Waals surface area contributed by atoms with E-state index in [0.717, 1.165) is 22.3 Å². The van der Waals surface area contributed by atoms with Gasteiger partial charge in [-0.1, -0.05) is 17.7 Å². The maximum atomic E-state index is 12.5. The highest BCUT2D eigenvalue weighted by molar-refractivity contribution is 5.98. The summed E-state index contributed by atoms with van der Waals surface area (Å²) in [6, 6.07) is 22.7. The fourth-order valence-corrected chi connectivity index (χ4v) is 3.48. The molecule has 3 N–H and O–H groups in total. The number of benzene rings is 3. The van der Waals surface area contributed by atoms with Gasteiger partial charge in [0.25, 0.3) is 5.91 Å². The molecule has 4 rings (SSSR count). The first-order valence-electron chi connectivity index (χ1n) is 10.3. The molecule has 8 nitrogen and oxygen atoms in total. The number of nitrogens with two attached hydrogens (primary N) is 1. The average molecular weight is 439 g/mol. The van der Waals surface area contributed by atoms with Gasteiger partial charge in [-0.3, -0.25) is 9.36 Å². The molecule has 2 amide bonds. The van der Waals surface area contributed by atoms with Crippen molar-refractivity contribution in [1.29, 1.82) is 5.26 Å². The summed E-state index contributed by atoms with van der Waals surface area (Å²) in [4.78, 5) is 28.0. The lowest BCUT2D eigenvalue weighted by Crippen LogP contribution is -2.28. The van der Waals surface area contributed by atoms with Crippen LogP contribution in [-0.2, 0) is 4.74 Å². The van der Waals surface area contributed by atoms with E-state index in [1.165, 1.54) is 0 Å². The standard InChI is InChI=1S/C25H21N5O3/c1-16-2-9-20(10-3-16)30-22-11-8-19(24(31)28-12-13-33-25(27)32)14-21(22)29-23(30)18-6-4-17(15-26)5-7-18/h2-11,14H,12-13H2,1H3,(H2,27,32)(H,28,31). The Morgan fingerprint density at radius 1 is 1.09 bits per heavy atom. The number of nitriles is 1. The highest BCUT2D eigenvalue weighted by Crippen LogP contribution is 2.29. The summed E-state index contributed by atoms with van der Waals surface area (Å²) in [6.45, 7) is 2.17. The normalized spacial score (nSPS) is 10.5. The number of carbonyl (C=O) groups is 2. The Hall–Kier alpha value is -4.64. The molecule has 0 saturated heterocycles. The Morgan fingerprint density at radius 2 is 1.82 bits per heavy atom. The largest absolute Gasteiger partial charge is 0.448 e. The number of fused-ring (bicyclic) bond motifs is 1. The molecule has 1 heterocycles. The first kappa shape index (κ1) is 21.6. The second kappa shape index (κ2) is 9.24. The van der Waals surface area contributed by atoms with Gasteiger partial charge in [0.15, 0.2) is 0 Å². The molecule has 3 aromatic carbocycles. The van der Waals surface area contributed by atoms with Gasteiger partial charge in [0.2, 0.25) is 0 Å². The van der Waals surface area contributed by atoms with Crippen molar-refractivity contribution in [3.8, 4) is 23.1 Å². The number of nitrogens with one attached hydrogen (secondary N) is 1. The van der Waals surface area contributed by atoms with Crippen molar-refractivity contribution in [2.45, 2.75) is 6.92 Å². The van der Waals surface area contributed by atoms with Crippen LogP contribution in [0.2, 0.25) is 0 Å². The summed E-state index contributed by atoms with van der Waals surface area (Å²) in [5.41, 5.74) is 10.3. The van der Waals surface area contributed by atoms with Crippen LogP contribution in [0.5, 0.6) is 0 Å². The maximum Gasteiger partial charge on any atom is 0.404 e. The number of amides is 2. The average Bonchev–Trinajstić information content (AvgIpc) is 3.21. The van der Waals surface area contributed by atoms with E-state index < -0.39 is 6.09 Å². The van der Waals surface area contributed by atoms with E-state index in [9.17, 15) is 9.59 Å². The van der Waals surface area contributed by atoms with Crippen LogP contribution < -0.4 is 11.1 Å². The molecule has 0 aliphatic heterocycles. The third kappa shape index (κ3) is 4.67. The van der Waals surface area contributed by atoms with Crippen LogP contribution in [0.1, 0.15) is 21.5 Å². The summed E-state index contributed by atoms with van der Waals surface area (Å²) >= 11 is 0. The van der Waals surface area contributed by atoms with Crippen LogP contribution >= 0.6 is 0 Å². The van der Waals surface area contributed by atoms with Gasteiger partial charge in [-0.25, -0.2) is 9.78 Å². The summed E-state index contributed by atoms with van der Waals surface area (Å²) in [5.74, 6) is 0.389. The zero-order valence-corrected chi connectivity index (χ0v) is 17.9. The smallest absolute Gasteiger partial charge is 0.404 e. The summed E-state index contributed by atoms with van der Waals surface area (Å²) < 4.78 is 6.65. The van der Waals surface area contributed by atoms with Gasteiger partial charge >= 0.3 is 6.09 Å². The van der Waals surface area contributed by atoms with Gasteiger partial charge in [0.1, 0.15) is 12.4 Å². The number of aromatic nitrogens is 2. The van der Waals surface area contributed by atoms with Crippen LogP contribution in [0.3, 0.4) is 0 Å². The number of rotatable bonds is 6. The van der Waals surface area contributed by atoms with Crippen LogP contribution in [-0.4, -0.2) is 34.7 Å². The molecule has 0 aliphatic carbocycles. The molecule has 33 heavy (non-hydrogen) atoms. The summed E-state index contributed by atoms with van der Waals surface area (Å²) in [6.07, 6.45) is -0.886. The van der Waals surface area contributed by atoms with Gasteiger partial charge in [-0.15, -0.1) is 0 Å². The molecule has 0 fully saturated rings. The van der Waals surface area contributed by atoms with Gasteiger partial charge in [0, 0.05) is 16.8 Å². The predicted molar refractivity (Wildman–Crippen MR) is 124 cm³/mol. The minimum atomic E-state index is -0.886. The van der Waals surface area contributed by atoms with Crippen molar-refractivity contribution in [1.82, 2.24) is 14.9 Å². The fraction of sp³-hybridized carbons (Fsp3) is 0.120. The van der Waals surface area contributed by atoms with Gasteiger partial charge in [-0.2, -0.15) is 5.26 Å². The molecule has 8 heteroatoms. The molecule has 0 unspecified atom stereocenters. The molecule has 1 aromatic heterocycles. The van der Waals surface area contributed by atoms with E-state index in [4.69, 9.17) is 16.0 Å². The predicted octanol–water partition coefficient (Wildman–Crippen LogP) is 3.70. The molecule has 0 saturated carbocycles. The zero-order valence-electron chi connectivity index (χ0n) is 17.9. The Labute approximate surface area is 190 Å². The second-order valence-corrected chi connectivity index (χ2v) is 7.42. The van der Waals surface area contributed by atoms with Crippen molar-refractivity contribution in [2.75, 3.05) is 13.2 Å². The van der Waals surface area contributed by atoms with E-state index in [-0.39, 0.29) is 19.1 Å². The quantitative estimate of drug-likeness (QED) is 0.444. The topological polar surface area (TPSA) is 123 Å². The van der Waals surface area contributed by atoms with Crippen molar-refractivity contribution in [2.24, 2.45) is 5.73 Å². The van der Waals surface area contributed by atoms with E-state index in [1.807, 2.05) is 54.0 Å². The number of ether oxygens (including phenoxy) is 1. The number of primary amides is 1. The highest BCUT2D eigenvalue weighted by Gasteiger charge is 2.16. The molecule has 0 spiro atoms. The number of hydrogen-bond acceptors (Lipinski definition) is 5.